The third-order valence-electron chi connectivity index (χ3n) is 13.7. The molecular weight excluding hydrogens is 628 g/mol. The molecule has 8 bridgehead atoms. The molecule has 0 aromatic carbocycles. The number of esters is 2. The van der Waals surface area contributed by atoms with Gasteiger partial charge in [0.25, 0.3) is 0 Å². The Hall–Kier alpha value is -1.42. The van der Waals surface area contributed by atoms with Gasteiger partial charge < -0.3 is 18.9 Å². The Bertz CT molecular complexity index is 1080. The van der Waals surface area contributed by atoms with Crippen molar-refractivity contribution < 1.29 is 46.1 Å². The zero-order valence-corrected chi connectivity index (χ0v) is 29.5. The number of ether oxygens (including phenoxy) is 4. The molecule has 48 heavy (non-hydrogen) atoms. The van der Waals surface area contributed by atoms with Crippen molar-refractivity contribution in [2.75, 3.05) is 13.2 Å². The lowest BCUT2D eigenvalue weighted by Crippen LogP contribution is -2.68. The highest BCUT2D eigenvalue weighted by Gasteiger charge is 2.74. The van der Waals surface area contributed by atoms with Gasteiger partial charge in [-0.2, -0.15) is 17.6 Å². The van der Waals surface area contributed by atoms with Crippen molar-refractivity contribution in [1.29, 1.82) is 0 Å². The monoisotopic (exact) mass is 686 g/mol. The average Bonchev–Trinajstić information content (AvgIpc) is 3.04. The van der Waals surface area contributed by atoms with Crippen molar-refractivity contribution in [3.8, 4) is 0 Å². The summed E-state index contributed by atoms with van der Waals surface area (Å²) in [7, 11) is 0. The van der Waals surface area contributed by atoms with Crippen molar-refractivity contribution in [3.63, 3.8) is 0 Å². The van der Waals surface area contributed by atoms with Gasteiger partial charge in [-0.15, -0.1) is 0 Å². The summed E-state index contributed by atoms with van der Waals surface area (Å²) in [6.07, 6.45) is 10.8. The Morgan fingerprint density at radius 3 is 1.33 bits per heavy atom. The highest BCUT2D eigenvalue weighted by Crippen LogP contribution is 2.64. The predicted octanol–water partition coefficient (Wildman–Crippen LogP) is 8.92. The fraction of sp³-hybridized carbons (Fsp3) is 0.947. The molecule has 0 aliphatic heterocycles. The fourth-order valence-electron chi connectivity index (χ4n) is 12.0. The molecule has 6 nitrogen and oxygen atoms in total. The molecule has 8 saturated carbocycles. The first-order valence-electron chi connectivity index (χ1n) is 19.3. The van der Waals surface area contributed by atoms with Crippen LogP contribution in [-0.2, 0) is 28.5 Å². The maximum absolute atomic E-state index is 16.0. The van der Waals surface area contributed by atoms with E-state index in [4.69, 9.17) is 18.9 Å². The van der Waals surface area contributed by atoms with Crippen molar-refractivity contribution in [1.82, 2.24) is 0 Å². The minimum Gasteiger partial charge on any atom is -0.454 e. The van der Waals surface area contributed by atoms with Crippen molar-refractivity contribution in [2.24, 2.45) is 47.3 Å². The van der Waals surface area contributed by atoms with Crippen LogP contribution in [0.4, 0.5) is 17.6 Å². The molecule has 0 amide bonds. The van der Waals surface area contributed by atoms with E-state index >= 15 is 17.6 Å². The number of carbonyl (C=O) groups excluding carboxylic acids is 2. The number of unbranched alkanes of at least 4 members (excludes halogenated alkanes) is 4. The van der Waals surface area contributed by atoms with Gasteiger partial charge in [-0.05, 0) is 126 Å². The van der Waals surface area contributed by atoms with E-state index in [2.05, 4.69) is 0 Å². The summed E-state index contributed by atoms with van der Waals surface area (Å²) in [5, 5.41) is 0. The fourth-order valence-corrected chi connectivity index (χ4v) is 12.0. The van der Waals surface area contributed by atoms with Crippen molar-refractivity contribution >= 4 is 11.9 Å². The van der Waals surface area contributed by atoms with E-state index in [1.165, 1.54) is 0 Å². The molecule has 12 atom stereocenters. The van der Waals surface area contributed by atoms with Crippen LogP contribution in [0.2, 0.25) is 0 Å². The van der Waals surface area contributed by atoms with Gasteiger partial charge in [0, 0.05) is 25.0 Å². The van der Waals surface area contributed by atoms with E-state index in [1.54, 1.807) is 0 Å². The SMILES string of the molecule is CCCCCC1(OC(=O)C(F)(F)C(F)(F)C(=O)OC2(CCCCC)C3CC4CC(C3)C(OCC)C2C4)C2CC3CC(C2)C(OCC)C1C3. The van der Waals surface area contributed by atoms with Crippen molar-refractivity contribution in [3.05, 3.63) is 0 Å². The first kappa shape index (κ1) is 36.4. The Morgan fingerprint density at radius 2 is 0.979 bits per heavy atom. The summed E-state index contributed by atoms with van der Waals surface area (Å²) in [5.74, 6) is -15.2. The largest absolute Gasteiger partial charge is 0.454 e. The molecule has 8 rings (SSSR count). The van der Waals surface area contributed by atoms with Crippen LogP contribution in [0.25, 0.3) is 0 Å². The predicted molar refractivity (Wildman–Crippen MR) is 172 cm³/mol. The van der Waals surface area contributed by atoms with Gasteiger partial charge in [-0.3, -0.25) is 0 Å². The van der Waals surface area contributed by atoms with Gasteiger partial charge in [0.2, 0.25) is 0 Å². The molecular formula is C38H58F4O6. The summed E-state index contributed by atoms with van der Waals surface area (Å²) in [6, 6.07) is 0. The smallest absolute Gasteiger partial charge is 0.415 e. The van der Waals surface area contributed by atoms with Gasteiger partial charge in [0.05, 0.1) is 12.2 Å². The van der Waals surface area contributed by atoms with E-state index in [0.717, 1.165) is 51.4 Å². The van der Waals surface area contributed by atoms with E-state index in [1.807, 2.05) is 27.7 Å². The topological polar surface area (TPSA) is 71.1 Å². The van der Waals surface area contributed by atoms with Gasteiger partial charge in [-0.25, -0.2) is 9.59 Å². The van der Waals surface area contributed by atoms with Crippen LogP contribution in [0.5, 0.6) is 0 Å². The maximum atomic E-state index is 16.0. The Morgan fingerprint density at radius 1 is 0.583 bits per heavy atom. The molecule has 0 aromatic rings. The highest BCUT2D eigenvalue weighted by atomic mass is 19.3. The molecule has 8 aliphatic rings. The second-order valence-corrected chi connectivity index (χ2v) is 16.3. The number of alkyl halides is 4. The van der Waals surface area contributed by atoms with E-state index < -0.39 is 35.0 Å². The van der Waals surface area contributed by atoms with Crippen LogP contribution >= 0.6 is 0 Å². The molecule has 8 fully saturated rings. The Labute approximate surface area is 284 Å². The second kappa shape index (κ2) is 14.0. The van der Waals surface area contributed by atoms with E-state index in [-0.39, 0.29) is 47.7 Å². The summed E-state index contributed by atoms with van der Waals surface area (Å²) < 4.78 is 88.0. The summed E-state index contributed by atoms with van der Waals surface area (Å²) in [5.41, 5.74) is -2.65. The standard InChI is InChI=1S/C38H58F4O6/c1-5-9-11-13-35(27-17-23-15-25(21-27)31(45-7-3)29(35)19-23)47-33(43)37(39,40)38(41,42)34(44)48-36(14-12-10-6-2)28-18-24-16-26(22-28)32(46-8-4)30(36)20-24/h23-32H,5-22H2,1-4H3. The Balaban J connectivity index is 1.26. The lowest BCUT2D eigenvalue weighted by molar-refractivity contribution is -0.288. The van der Waals surface area contributed by atoms with E-state index in [9.17, 15) is 9.59 Å². The van der Waals surface area contributed by atoms with Gasteiger partial charge in [0.15, 0.2) is 0 Å². The third kappa shape index (κ3) is 5.92. The second-order valence-electron chi connectivity index (χ2n) is 16.3. The molecule has 0 saturated heterocycles. The minimum atomic E-state index is -5.40. The molecule has 0 radical (unpaired) electrons. The number of carbonyl (C=O) groups is 2. The van der Waals surface area contributed by atoms with Gasteiger partial charge in [-0.1, -0.05) is 39.5 Å². The first-order chi connectivity index (χ1) is 22.9. The molecule has 12 unspecified atom stereocenters. The zero-order chi connectivity index (χ0) is 34.5. The number of rotatable bonds is 17. The maximum Gasteiger partial charge on any atom is 0.415 e. The first-order valence-corrected chi connectivity index (χ1v) is 19.3. The third-order valence-corrected chi connectivity index (χ3v) is 13.7. The minimum absolute atomic E-state index is 0.195. The lowest BCUT2D eigenvalue weighted by atomic mass is 9.47. The van der Waals surface area contributed by atoms with Gasteiger partial charge >= 0.3 is 23.8 Å². The van der Waals surface area contributed by atoms with Gasteiger partial charge in [0.1, 0.15) is 11.2 Å². The normalized spacial score (nSPS) is 41.2. The zero-order valence-electron chi connectivity index (χ0n) is 29.5. The van der Waals surface area contributed by atoms with Crippen LogP contribution in [0, 0.1) is 47.3 Å². The lowest BCUT2D eigenvalue weighted by Gasteiger charge is -2.63. The quantitative estimate of drug-likeness (QED) is 0.0865. The number of hydrogen-bond acceptors (Lipinski definition) is 6. The van der Waals surface area contributed by atoms with Crippen LogP contribution in [0.1, 0.15) is 130 Å². The molecule has 0 aromatic heterocycles. The highest BCUT2D eigenvalue weighted by molar-refractivity contribution is 5.90. The van der Waals surface area contributed by atoms with Crippen molar-refractivity contribution in [2.45, 2.75) is 166 Å². The molecule has 8 aliphatic carbocycles. The molecule has 0 heterocycles. The van der Waals surface area contributed by atoms with Crippen LogP contribution in [0.3, 0.4) is 0 Å². The molecule has 10 heteroatoms. The summed E-state index contributed by atoms with van der Waals surface area (Å²) in [6.45, 7) is 8.66. The summed E-state index contributed by atoms with van der Waals surface area (Å²) in [4.78, 5) is 27.1. The molecule has 0 N–H and O–H groups in total. The Kier molecular flexibility index (Phi) is 10.6. The summed E-state index contributed by atoms with van der Waals surface area (Å²) >= 11 is 0. The number of halogens is 4. The van der Waals surface area contributed by atoms with E-state index in [0.29, 0.717) is 76.4 Å². The molecule has 0 spiro atoms. The van der Waals surface area contributed by atoms with Crippen LogP contribution in [0.15, 0.2) is 0 Å². The number of hydrogen-bond donors (Lipinski definition) is 0. The van der Waals surface area contributed by atoms with Crippen LogP contribution < -0.4 is 0 Å². The van der Waals surface area contributed by atoms with Crippen LogP contribution in [-0.4, -0.2) is 60.4 Å². The average molecular weight is 687 g/mol. The molecule has 274 valence electrons.